The number of carbonyl (C=O) groups excluding carboxylic acids is 2. The highest BCUT2D eigenvalue weighted by Crippen LogP contribution is 2.29. The van der Waals surface area contributed by atoms with Gasteiger partial charge in [-0.25, -0.2) is 8.42 Å². The summed E-state index contributed by atoms with van der Waals surface area (Å²) in [6, 6.07) is 29.9. The zero-order valence-electron chi connectivity index (χ0n) is 26.7. The summed E-state index contributed by atoms with van der Waals surface area (Å²) in [5, 5.41) is 3.07. The Bertz CT molecular complexity index is 1690. The number of sulfonamides is 1. The normalized spacial score (nSPS) is 12.6. The van der Waals surface area contributed by atoms with Gasteiger partial charge in [0.15, 0.2) is 0 Å². The number of hydrogen-bond acceptors (Lipinski definition) is 4. The van der Waals surface area contributed by atoms with Gasteiger partial charge in [-0.1, -0.05) is 97.4 Å². The molecule has 2 amide bonds. The van der Waals surface area contributed by atoms with Crippen LogP contribution in [0.15, 0.2) is 108 Å². The second-order valence-corrected chi connectivity index (χ2v) is 13.4. The quantitative estimate of drug-likeness (QED) is 0.187. The average molecular weight is 626 g/mol. The van der Waals surface area contributed by atoms with E-state index in [1.165, 1.54) is 21.3 Å². The van der Waals surface area contributed by atoms with Crippen molar-refractivity contribution in [3.8, 4) is 0 Å². The molecule has 4 aromatic carbocycles. The van der Waals surface area contributed by atoms with E-state index < -0.39 is 28.5 Å². The van der Waals surface area contributed by atoms with Crippen LogP contribution in [0.3, 0.4) is 0 Å². The Morgan fingerprint density at radius 3 is 2.02 bits per heavy atom. The third-order valence-corrected chi connectivity index (χ3v) is 9.97. The molecular weight excluding hydrogens is 582 g/mol. The molecule has 0 saturated heterocycles. The zero-order chi connectivity index (χ0) is 32.6. The van der Waals surface area contributed by atoms with Gasteiger partial charge in [-0.2, -0.15) is 0 Å². The molecule has 2 atom stereocenters. The molecule has 0 aliphatic carbocycles. The molecule has 0 spiro atoms. The summed E-state index contributed by atoms with van der Waals surface area (Å²) in [4.78, 5) is 30.2. The summed E-state index contributed by atoms with van der Waals surface area (Å²) >= 11 is 0. The number of anilines is 1. The van der Waals surface area contributed by atoms with E-state index in [9.17, 15) is 18.0 Å². The number of aryl methyl sites for hydroxylation is 2. The van der Waals surface area contributed by atoms with E-state index in [4.69, 9.17) is 0 Å². The summed E-state index contributed by atoms with van der Waals surface area (Å²) in [6.07, 6.45) is 1.00. The molecule has 4 rings (SSSR count). The average Bonchev–Trinajstić information content (AvgIpc) is 3.04. The third kappa shape index (κ3) is 8.39. The summed E-state index contributed by atoms with van der Waals surface area (Å²) in [5.74, 6) is -0.755. The van der Waals surface area contributed by atoms with Crippen LogP contribution in [-0.2, 0) is 32.6 Å². The maximum Gasteiger partial charge on any atom is 0.264 e. The van der Waals surface area contributed by atoms with Gasteiger partial charge in [0.25, 0.3) is 10.0 Å². The summed E-state index contributed by atoms with van der Waals surface area (Å²) in [5.41, 5.74) is 4.89. The SMILES string of the molecule is CC[C@H](C)NC(=O)[C@@H](Cc1ccccc1)N(Cc1ccc(C)cc1)C(=O)CN(c1cccc(C)c1C)S(=O)(=O)c1ccccc1. The summed E-state index contributed by atoms with van der Waals surface area (Å²) in [7, 11) is -4.14. The number of benzene rings is 4. The first-order valence-corrected chi connectivity index (χ1v) is 16.8. The fourth-order valence-electron chi connectivity index (χ4n) is 5.12. The smallest absolute Gasteiger partial charge is 0.264 e. The molecule has 7 nitrogen and oxygen atoms in total. The standard InChI is InChI=1S/C37H43N3O4S/c1-6-29(4)38-37(42)35(24-31-15-9-7-10-16-31)39(25-32-22-20-27(2)21-23-32)36(41)26-40(34-19-13-14-28(3)30(34)5)45(43,44)33-17-11-8-12-18-33/h7-23,29,35H,6,24-26H2,1-5H3,(H,38,42)/t29-,35+/m0/s1. The highest BCUT2D eigenvalue weighted by Gasteiger charge is 2.35. The van der Waals surface area contributed by atoms with Gasteiger partial charge >= 0.3 is 0 Å². The van der Waals surface area contributed by atoms with E-state index in [1.54, 1.807) is 30.3 Å². The fourth-order valence-corrected chi connectivity index (χ4v) is 6.62. The zero-order valence-corrected chi connectivity index (χ0v) is 27.6. The number of carbonyl (C=O) groups is 2. The van der Waals surface area contributed by atoms with Crippen molar-refractivity contribution in [2.45, 2.75) is 71.0 Å². The molecule has 0 heterocycles. The second-order valence-electron chi connectivity index (χ2n) is 11.6. The van der Waals surface area contributed by atoms with Crippen molar-refractivity contribution in [2.75, 3.05) is 10.8 Å². The molecule has 0 aromatic heterocycles. The Balaban J connectivity index is 1.83. The third-order valence-electron chi connectivity index (χ3n) is 8.20. The summed E-state index contributed by atoms with van der Waals surface area (Å²) in [6.45, 7) is 9.32. The van der Waals surface area contributed by atoms with E-state index in [1.807, 2.05) is 95.3 Å². The first-order valence-electron chi connectivity index (χ1n) is 15.3. The first kappa shape index (κ1) is 33.5. The topological polar surface area (TPSA) is 86.8 Å². The van der Waals surface area contributed by atoms with E-state index >= 15 is 0 Å². The minimum absolute atomic E-state index is 0.0825. The molecule has 0 bridgehead atoms. The Kier molecular flexibility index (Phi) is 11.2. The lowest BCUT2D eigenvalue weighted by atomic mass is 10.0. The maximum atomic E-state index is 14.6. The van der Waals surface area contributed by atoms with Crippen LogP contribution in [0.5, 0.6) is 0 Å². The molecule has 8 heteroatoms. The van der Waals surface area contributed by atoms with Gasteiger partial charge in [-0.3, -0.25) is 13.9 Å². The van der Waals surface area contributed by atoms with E-state index in [0.29, 0.717) is 5.69 Å². The lowest BCUT2D eigenvalue weighted by molar-refractivity contribution is -0.140. The lowest BCUT2D eigenvalue weighted by Gasteiger charge is -2.34. The second kappa shape index (κ2) is 15.0. The van der Waals surface area contributed by atoms with Gasteiger partial charge in [-0.15, -0.1) is 0 Å². The van der Waals surface area contributed by atoms with Crippen LogP contribution in [0.1, 0.15) is 48.1 Å². The van der Waals surface area contributed by atoms with Crippen LogP contribution >= 0.6 is 0 Å². The predicted octanol–water partition coefficient (Wildman–Crippen LogP) is 6.36. The van der Waals surface area contributed by atoms with Gasteiger partial charge in [0.2, 0.25) is 11.8 Å². The molecule has 1 N–H and O–H groups in total. The Morgan fingerprint density at radius 1 is 0.778 bits per heavy atom. The highest BCUT2D eigenvalue weighted by atomic mass is 32.2. The van der Waals surface area contributed by atoms with Crippen LogP contribution < -0.4 is 9.62 Å². The van der Waals surface area contributed by atoms with Gasteiger partial charge in [0.05, 0.1) is 10.6 Å². The Labute approximate surface area is 268 Å². The van der Waals surface area contributed by atoms with Crippen molar-refractivity contribution >= 4 is 27.5 Å². The predicted molar refractivity (Wildman–Crippen MR) is 180 cm³/mol. The Morgan fingerprint density at radius 2 is 1.40 bits per heavy atom. The monoisotopic (exact) mass is 625 g/mol. The van der Waals surface area contributed by atoms with E-state index in [0.717, 1.165) is 34.2 Å². The molecule has 236 valence electrons. The highest BCUT2D eigenvalue weighted by molar-refractivity contribution is 7.92. The Hall–Kier alpha value is -4.43. The van der Waals surface area contributed by atoms with Crippen LogP contribution in [0.2, 0.25) is 0 Å². The minimum atomic E-state index is -4.14. The number of hydrogen-bond donors (Lipinski definition) is 1. The van der Waals surface area contributed by atoms with Crippen LogP contribution in [0.25, 0.3) is 0 Å². The van der Waals surface area contributed by atoms with Crippen molar-refractivity contribution in [1.29, 1.82) is 0 Å². The van der Waals surface area contributed by atoms with Gasteiger partial charge in [-0.05, 0) is 74.6 Å². The van der Waals surface area contributed by atoms with Crippen molar-refractivity contribution < 1.29 is 18.0 Å². The van der Waals surface area contributed by atoms with Crippen LogP contribution in [0, 0.1) is 20.8 Å². The van der Waals surface area contributed by atoms with E-state index in [-0.39, 0.29) is 29.8 Å². The molecule has 45 heavy (non-hydrogen) atoms. The molecule has 0 aliphatic heterocycles. The number of amides is 2. The fraction of sp³-hybridized carbons (Fsp3) is 0.297. The van der Waals surface area contributed by atoms with Crippen molar-refractivity contribution in [3.05, 3.63) is 131 Å². The summed E-state index contributed by atoms with van der Waals surface area (Å²) < 4.78 is 29.6. The van der Waals surface area contributed by atoms with Crippen molar-refractivity contribution in [2.24, 2.45) is 0 Å². The molecule has 0 saturated carbocycles. The number of nitrogens with one attached hydrogen (secondary N) is 1. The van der Waals surface area contributed by atoms with E-state index in [2.05, 4.69) is 5.32 Å². The van der Waals surface area contributed by atoms with Gasteiger partial charge in [0.1, 0.15) is 12.6 Å². The van der Waals surface area contributed by atoms with Crippen molar-refractivity contribution in [1.82, 2.24) is 10.2 Å². The van der Waals surface area contributed by atoms with Crippen LogP contribution in [0.4, 0.5) is 5.69 Å². The van der Waals surface area contributed by atoms with Gasteiger partial charge in [0, 0.05) is 19.0 Å². The molecule has 0 aliphatic rings. The molecule has 4 aromatic rings. The molecule has 0 fully saturated rings. The van der Waals surface area contributed by atoms with Crippen molar-refractivity contribution in [3.63, 3.8) is 0 Å². The largest absolute Gasteiger partial charge is 0.352 e. The molecular formula is C37H43N3O4S. The van der Waals surface area contributed by atoms with Crippen LogP contribution in [-0.4, -0.2) is 43.8 Å². The number of rotatable bonds is 13. The first-order chi connectivity index (χ1) is 21.5. The molecule has 0 unspecified atom stereocenters. The van der Waals surface area contributed by atoms with Gasteiger partial charge < -0.3 is 10.2 Å². The minimum Gasteiger partial charge on any atom is -0.352 e. The number of nitrogens with zero attached hydrogens (tertiary/aromatic N) is 2. The maximum absolute atomic E-state index is 14.6. The lowest BCUT2D eigenvalue weighted by Crippen LogP contribution is -2.54. The molecule has 0 radical (unpaired) electrons.